The van der Waals surface area contributed by atoms with Gasteiger partial charge in [0.05, 0.1) is 11.7 Å². The number of aromatic nitrogens is 2. The predicted molar refractivity (Wildman–Crippen MR) is 91.6 cm³/mol. The van der Waals surface area contributed by atoms with Crippen molar-refractivity contribution in [1.82, 2.24) is 15.1 Å². The number of anilines is 1. The second kappa shape index (κ2) is 6.72. The van der Waals surface area contributed by atoms with Crippen LogP contribution < -0.4 is 10.6 Å². The summed E-state index contributed by atoms with van der Waals surface area (Å²) in [4.78, 5) is 0. The van der Waals surface area contributed by atoms with E-state index in [2.05, 4.69) is 49.5 Å². The molecule has 1 aromatic heterocycles. The van der Waals surface area contributed by atoms with Crippen molar-refractivity contribution in [3.63, 3.8) is 0 Å². The van der Waals surface area contributed by atoms with Gasteiger partial charge in [-0.3, -0.25) is 4.68 Å². The molecule has 0 saturated carbocycles. The molecule has 2 aromatic rings. The third kappa shape index (κ3) is 3.61. The molecule has 1 aromatic carbocycles. The fourth-order valence-corrected chi connectivity index (χ4v) is 2.58. The van der Waals surface area contributed by atoms with Crippen LogP contribution in [0.15, 0.2) is 30.5 Å². The van der Waals surface area contributed by atoms with E-state index in [1.165, 1.54) is 11.1 Å². The summed E-state index contributed by atoms with van der Waals surface area (Å²) in [5.74, 6) is 0. The molecule has 4 nitrogen and oxygen atoms in total. The molecule has 0 spiro atoms. The Bertz CT molecular complexity index is 633. The van der Waals surface area contributed by atoms with Crippen LogP contribution in [-0.4, -0.2) is 14.9 Å². The number of nitrogens with zero attached hydrogens (tertiary/aromatic N) is 2. The Morgan fingerprint density at radius 3 is 2.81 bits per heavy atom. The molecule has 21 heavy (non-hydrogen) atoms. The van der Waals surface area contributed by atoms with Gasteiger partial charge in [-0.2, -0.15) is 5.10 Å². The molecule has 0 saturated heterocycles. The van der Waals surface area contributed by atoms with Crippen LogP contribution in [0, 0.1) is 13.8 Å². The fraction of sp³-hybridized carbons (Fsp3) is 0.375. The molecule has 2 rings (SSSR count). The van der Waals surface area contributed by atoms with Crippen LogP contribution >= 0.6 is 12.2 Å². The van der Waals surface area contributed by atoms with Gasteiger partial charge in [-0.25, -0.2) is 0 Å². The van der Waals surface area contributed by atoms with Gasteiger partial charge in [0, 0.05) is 18.4 Å². The Hall–Kier alpha value is -1.88. The number of benzene rings is 1. The molecule has 0 fully saturated rings. The molecule has 5 heteroatoms. The first kappa shape index (κ1) is 15.5. The third-order valence-electron chi connectivity index (χ3n) is 3.69. The highest BCUT2D eigenvalue weighted by atomic mass is 32.1. The van der Waals surface area contributed by atoms with Crippen LogP contribution in [0.3, 0.4) is 0 Å². The number of rotatable bonds is 4. The Morgan fingerprint density at radius 1 is 1.33 bits per heavy atom. The van der Waals surface area contributed by atoms with E-state index in [9.17, 15) is 0 Å². The van der Waals surface area contributed by atoms with Crippen LogP contribution in [0.2, 0.25) is 0 Å². The van der Waals surface area contributed by atoms with Crippen molar-refractivity contribution in [3.05, 3.63) is 47.3 Å². The van der Waals surface area contributed by atoms with Gasteiger partial charge in [-0.05, 0) is 63.2 Å². The molecule has 2 N–H and O–H groups in total. The van der Waals surface area contributed by atoms with E-state index in [1.54, 1.807) is 0 Å². The topological polar surface area (TPSA) is 41.9 Å². The minimum atomic E-state index is 0.109. The Kier molecular flexibility index (Phi) is 4.96. The first-order chi connectivity index (χ1) is 10.0. The number of hydrogen-bond donors (Lipinski definition) is 2. The smallest absolute Gasteiger partial charge is 0.171 e. The Balaban J connectivity index is 2.03. The molecule has 0 radical (unpaired) electrons. The van der Waals surface area contributed by atoms with Gasteiger partial charge in [0.1, 0.15) is 0 Å². The zero-order valence-electron chi connectivity index (χ0n) is 13.0. The summed E-state index contributed by atoms with van der Waals surface area (Å²) >= 11 is 5.42. The quantitative estimate of drug-likeness (QED) is 0.847. The normalized spacial score (nSPS) is 12.0. The highest BCUT2D eigenvalue weighted by molar-refractivity contribution is 7.80. The second-order valence-corrected chi connectivity index (χ2v) is 5.55. The van der Waals surface area contributed by atoms with E-state index in [1.807, 2.05) is 29.1 Å². The van der Waals surface area contributed by atoms with Gasteiger partial charge in [-0.1, -0.05) is 12.1 Å². The van der Waals surface area contributed by atoms with Gasteiger partial charge in [0.15, 0.2) is 5.11 Å². The first-order valence-electron chi connectivity index (χ1n) is 7.18. The molecule has 0 aliphatic rings. The summed E-state index contributed by atoms with van der Waals surface area (Å²) < 4.78 is 1.97. The molecule has 1 atom stereocenters. The minimum absolute atomic E-state index is 0.109. The minimum Gasteiger partial charge on any atom is -0.354 e. The van der Waals surface area contributed by atoms with Gasteiger partial charge < -0.3 is 10.6 Å². The monoisotopic (exact) mass is 302 g/mol. The number of nitrogens with one attached hydrogen (secondary N) is 2. The first-order valence-corrected chi connectivity index (χ1v) is 7.59. The van der Waals surface area contributed by atoms with Crippen molar-refractivity contribution in [1.29, 1.82) is 0 Å². The molecule has 0 amide bonds. The maximum atomic E-state index is 5.42. The average molecular weight is 302 g/mol. The number of aryl methyl sites for hydroxylation is 2. The molecule has 0 aliphatic heterocycles. The van der Waals surface area contributed by atoms with Crippen LogP contribution in [0.25, 0.3) is 0 Å². The number of thiocarbonyl (C=S) groups is 1. The Morgan fingerprint density at radius 2 is 2.10 bits per heavy atom. The van der Waals surface area contributed by atoms with E-state index in [4.69, 9.17) is 12.2 Å². The molecular weight excluding hydrogens is 280 g/mol. The summed E-state index contributed by atoms with van der Waals surface area (Å²) in [6.07, 6.45) is 1.82. The summed E-state index contributed by atoms with van der Waals surface area (Å²) in [7, 11) is 0. The fourth-order valence-electron chi connectivity index (χ4n) is 2.29. The lowest BCUT2D eigenvalue weighted by Crippen LogP contribution is -2.32. The SMILES string of the molecule is CCn1nccc1C(C)NC(=S)Nc1cccc(C)c1C. The van der Waals surface area contributed by atoms with Gasteiger partial charge >= 0.3 is 0 Å². The summed E-state index contributed by atoms with van der Waals surface area (Å²) in [5, 5.41) is 11.5. The van der Waals surface area contributed by atoms with Crippen molar-refractivity contribution in [3.8, 4) is 0 Å². The van der Waals surface area contributed by atoms with Gasteiger partial charge in [0.2, 0.25) is 0 Å². The summed E-state index contributed by atoms with van der Waals surface area (Å²) in [5.41, 5.74) is 4.64. The zero-order valence-corrected chi connectivity index (χ0v) is 13.8. The molecule has 112 valence electrons. The molecule has 0 bridgehead atoms. The Labute approximate surface area is 131 Å². The van der Waals surface area contributed by atoms with Gasteiger partial charge in [-0.15, -0.1) is 0 Å². The largest absolute Gasteiger partial charge is 0.354 e. The molecule has 1 heterocycles. The van der Waals surface area contributed by atoms with Crippen LogP contribution in [0.4, 0.5) is 5.69 Å². The third-order valence-corrected chi connectivity index (χ3v) is 3.91. The maximum absolute atomic E-state index is 5.42. The average Bonchev–Trinajstić information content (AvgIpc) is 2.92. The van der Waals surface area contributed by atoms with Crippen molar-refractivity contribution < 1.29 is 0 Å². The highest BCUT2D eigenvalue weighted by Gasteiger charge is 2.12. The summed E-state index contributed by atoms with van der Waals surface area (Å²) in [6, 6.07) is 8.29. The van der Waals surface area contributed by atoms with Crippen molar-refractivity contribution >= 4 is 23.0 Å². The standard InChI is InChI=1S/C16H22N4S/c1-5-20-15(9-10-17-20)13(4)18-16(21)19-14-8-6-7-11(2)12(14)3/h6-10,13H,5H2,1-4H3,(H2,18,19,21). The van der Waals surface area contributed by atoms with Gasteiger partial charge in [0.25, 0.3) is 0 Å². The summed E-state index contributed by atoms with van der Waals surface area (Å²) in [6.45, 7) is 9.21. The number of hydrogen-bond acceptors (Lipinski definition) is 2. The zero-order chi connectivity index (χ0) is 15.4. The molecule has 0 aliphatic carbocycles. The lowest BCUT2D eigenvalue weighted by atomic mass is 10.1. The van der Waals surface area contributed by atoms with E-state index >= 15 is 0 Å². The lowest BCUT2D eigenvalue weighted by Gasteiger charge is -2.19. The van der Waals surface area contributed by atoms with Crippen molar-refractivity contribution in [2.75, 3.05) is 5.32 Å². The second-order valence-electron chi connectivity index (χ2n) is 5.14. The van der Waals surface area contributed by atoms with E-state index in [0.717, 1.165) is 17.9 Å². The van der Waals surface area contributed by atoms with Crippen LogP contribution in [0.5, 0.6) is 0 Å². The highest BCUT2D eigenvalue weighted by Crippen LogP contribution is 2.18. The van der Waals surface area contributed by atoms with E-state index < -0.39 is 0 Å². The van der Waals surface area contributed by atoms with Crippen LogP contribution in [-0.2, 0) is 6.54 Å². The van der Waals surface area contributed by atoms with Crippen LogP contribution in [0.1, 0.15) is 36.7 Å². The van der Waals surface area contributed by atoms with Crippen molar-refractivity contribution in [2.45, 2.75) is 40.3 Å². The predicted octanol–water partition coefficient (Wildman–Crippen LogP) is 3.57. The molecule has 1 unspecified atom stereocenters. The van der Waals surface area contributed by atoms with E-state index in [-0.39, 0.29) is 6.04 Å². The van der Waals surface area contributed by atoms with E-state index in [0.29, 0.717) is 5.11 Å². The molecular formula is C16H22N4S. The maximum Gasteiger partial charge on any atom is 0.171 e. The van der Waals surface area contributed by atoms with Crippen molar-refractivity contribution in [2.24, 2.45) is 0 Å². The lowest BCUT2D eigenvalue weighted by molar-refractivity contribution is 0.568.